The average Bonchev–Trinajstić information content (AvgIpc) is 3.88. The lowest BCUT2D eigenvalue weighted by atomic mass is 10.0. The van der Waals surface area contributed by atoms with Crippen LogP contribution in [0.2, 0.25) is 5.02 Å². The van der Waals surface area contributed by atoms with Crippen molar-refractivity contribution >= 4 is 39.8 Å². The molecule has 1 amide bonds. The van der Waals surface area contributed by atoms with E-state index in [4.69, 9.17) is 26.3 Å². The summed E-state index contributed by atoms with van der Waals surface area (Å²) in [5.41, 5.74) is 2.92. The van der Waals surface area contributed by atoms with E-state index in [0.29, 0.717) is 44.8 Å². The smallest absolute Gasteiger partial charge is 0.318 e. The normalized spacial score (nSPS) is 18.7. The number of nitrogens with zero attached hydrogens (tertiary/aromatic N) is 7. The minimum absolute atomic E-state index is 0.148. The summed E-state index contributed by atoms with van der Waals surface area (Å²) < 4.78 is 6.39. The van der Waals surface area contributed by atoms with Crippen molar-refractivity contribution in [1.29, 1.82) is 5.26 Å². The predicted molar refractivity (Wildman–Crippen MR) is 174 cm³/mol. The molecule has 3 aliphatic rings. The molecule has 0 bridgehead atoms. The highest BCUT2D eigenvalue weighted by Crippen LogP contribution is 2.38. The third kappa shape index (κ3) is 5.93. The number of fused-ring (bicyclic) bond motifs is 2. The van der Waals surface area contributed by atoms with Crippen molar-refractivity contribution in [2.75, 3.05) is 49.6 Å². The van der Waals surface area contributed by atoms with E-state index in [1.54, 1.807) is 4.90 Å². The van der Waals surface area contributed by atoms with E-state index in [2.05, 4.69) is 72.5 Å². The number of carbonyl (C=O) groups excluding carboxylic acids is 1. The SMILES string of the molecule is C=CC(=O)N1CCN(c2nc(OCC(C)(C)N(C)C3CC3)nc3c2CCN(c2cccc4cccc(Cl)c24)C3)C[C@@H]1CC#N. The zero-order chi connectivity index (χ0) is 31.0. The maximum atomic E-state index is 12.6. The Kier molecular flexibility index (Phi) is 8.40. The van der Waals surface area contributed by atoms with Crippen molar-refractivity contribution in [3.63, 3.8) is 0 Å². The van der Waals surface area contributed by atoms with Crippen LogP contribution in [0.25, 0.3) is 10.8 Å². The molecule has 1 aliphatic carbocycles. The number of amides is 1. The molecule has 9 nitrogen and oxygen atoms in total. The van der Waals surface area contributed by atoms with Crippen LogP contribution in [-0.4, -0.2) is 83.1 Å². The van der Waals surface area contributed by atoms with E-state index in [0.717, 1.165) is 51.5 Å². The van der Waals surface area contributed by atoms with Gasteiger partial charge in [0.1, 0.15) is 12.4 Å². The summed E-state index contributed by atoms with van der Waals surface area (Å²) in [6, 6.07) is 15.2. The number of benzene rings is 2. The number of nitriles is 1. The summed E-state index contributed by atoms with van der Waals surface area (Å²) in [4.78, 5) is 31.3. The van der Waals surface area contributed by atoms with Crippen LogP contribution in [0.1, 0.15) is 44.4 Å². The number of ether oxygens (including phenoxy) is 1. The van der Waals surface area contributed by atoms with E-state index in [1.165, 1.54) is 18.9 Å². The summed E-state index contributed by atoms with van der Waals surface area (Å²) in [5.74, 6) is 0.688. The minimum atomic E-state index is -0.252. The van der Waals surface area contributed by atoms with Crippen LogP contribution in [0.4, 0.5) is 11.5 Å². The Morgan fingerprint density at radius 3 is 2.68 bits per heavy atom. The lowest BCUT2D eigenvalue weighted by Crippen LogP contribution is -2.55. The van der Waals surface area contributed by atoms with Gasteiger partial charge in [-0.3, -0.25) is 9.69 Å². The van der Waals surface area contributed by atoms with Crippen molar-refractivity contribution in [2.45, 2.75) is 63.7 Å². The monoisotopic (exact) mass is 613 g/mol. The van der Waals surface area contributed by atoms with Crippen LogP contribution in [0, 0.1) is 11.3 Å². The number of likely N-dealkylation sites (N-methyl/N-ethyl adjacent to an activating group) is 1. The van der Waals surface area contributed by atoms with Gasteiger partial charge < -0.3 is 19.4 Å². The Labute approximate surface area is 264 Å². The molecule has 1 saturated heterocycles. The Morgan fingerprint density at radius 2 is 1.95 bits per heavy atom. The number of hydrogen-bond acceptors (Lipinski definition) is 8. The second kappa shape index (κ2) is 12.3. The number of hydrogen-bond donors (Lipinski definition) is 0. The number of rotatable bonds is 9. The number of anilines is 2. The summed E-state index contributed by atoms with van der Waals surface area (Å²) >= 11 is 6.71. The first kappa shape index (κ1) is 30.2. The molecule has 1 saturated carbocycles. The van der Waals surface area contributed by atoms with E-state index >= 15 is 0 Å². The average molecular weight is 614 g/mol. The molecular weight excluding hydrogens is 574 g/mol. The van der Waals surface area contributed by atoms with E-state index < -0.39 is 0 Å². The molecule has 10 heteroatoms. The van der Waals surface area contributed by atoms with Gasteiger partial charge in [-0.2, -0.15) is 15.2 Å². The fourth-order valence-corrected chi connectivity index (χ4v) is 6.77. The molecule has 44 heavy (non-hydrogen) atoms. The maximum absolute atomic E-state index is 12.6. The highest BCUT2D eigenvalue weighted by molar-refractivity contribution is 6.36. The van der Waals surface area contributed by atoms with Gasteiger partial charge >= 0.3 is 6.01 Å². The lowest BCUT2D eigenvalue weighted by Gasteiger charge is -2.42. The second-order valence-electron chi connectivity index (χ2n) is 12.7. The Bertz CT molecular complexity index is 1610. The number of carbonyl (C=O) groups is 1. The predicted octanol–water partition coefficient (Wildman–Crippen LogP) is 5.21. The molecule has 3 aromatic rings. The molecule has 0 unspecified atom stereocenters. The van der Waals surface area contributed by atoms with Gasteiger partial charge in [0.15, 0.2) is 0 Å². The fraction of sp³-hybridized carbons (Fsp3) is 0.471. The number of halogens is 1. The summed E-state index contributed by atoms with van der Waals surface area (Å²) in [6.07, 6.45) is 4.75. The first-order chi connectivity index (χ1) is 21.2. The van der Waals surface area contributed by atoms with Gasteiger partial charge in [0.2, 0.25) is 5.91 Å². The topological polar surface area (TPSA) is 88.8 Å². The van der Waals surface area contributed by atoms with Gasteiger partial charge in [-0.25, -0.2) is 0 Å². The van der Waals surface area contributed by atoms with Crippen LogP contribution >= 0.6 is 11.6 Å². The Balaban J connectivity index is 1.34. The molecule has 1 aromatic heterocycles. The van der Waals surface area contributed by atoms with Crippen molar-refractivity contribution in [2.24, 2.45) is 0 Å². The van der Waals surface area contributed by atoms with Crippen LogP contribution < -0.4 is 14.5 Å². The third-order valence-electron chi connectivity index (χ3n) is 9.37. The molecule has 0 N–H and O–H groups in total. The molecule has 0 spiro atoms. The molecule has 2 fully saturated rings. The molecule has 2 aliphatic heterocycles. The van der Waals surface area contributed by atoms with Crippen molar-refractivity contribution in [1.82, 2.24) is 19.8 Å². The van der Waals surface area contributed by atoms with E-state index in [-0.39, 0.29) is 23.9 Å². The van der Waals surface area contributed by atoms with Crippen LogP contribution in [0.3, 0.4) is 0 Å². The minimum Gasteiger partial charge on any atom is -0.461 e. The first-order valence-electron chi connectivity index (χ1n) is 15.4. The highest BCUT2D eigenvalue weighted by Gasteiger charge is 2.37. The van der Waals surface area contributed by atoms with E-state index in [9.17, 15) is 10.1 Å². The number of aromatic nitrogens is 2. The van der Waals surface area contributed by atoms with Crippen molar-refractivity contribution in [3.8, 4) is 12.1 Å². The quantitative estimate of drug-likeness (QED) is 0.304. The summed E-state index contributed by atoms with van der Waals surface area (Å²) in [5, 5.41) is 12.4. The van der Waals surface area contributed by atoms with Crippen LogP contribution in [0.5, 0.6) is 6.01 Å². The van der Waals surface area contributed by atoms with Gasteiger partial charge in [0, 0.05) is 54.4 Å². The Hall–Kier alpha value is -3.87. The summed E-state index contributed by atoms with van der Waals surface area (Å²) in [7, 11) is 2.16. The largest absolute Gasteiger partial charge is 0.461 e. The summed E-state index contributed by atoms with van der Waals surface area (Å²) in [6.45, 7) is 11.5. The zero-order valence-electron chi connectivity index (χ0n) is 25.8. The van der Waals surface area contributed by atoms with Gasteiger partial charge in [-0.1, -0.05) is 42.4 Å². The molecule has 2 aromatic carbocycles. The van der Waals surface area contributed by atoms with Gasteiger partial charge in [-0.15, -0.1) is 0 Å². The van der Waals surface area contributed by atoms with Gasteiger partial charge in [0.05, 0.1) is 35.8 Å². The van der Waals surface area contributed by atoms with Crippen molar-refractivity contribution in [3.05, 3.63) is 65.3 Å². The second-order valence-corrected chi connectivity index (χ2v) is 13.1. The molecule has 0 radical (unpaired) electrons. The molecule has 6 rings (SSSR count). The molecule has 230 valence electrons. The highest BCUT2D eigenvalue weighted by atomic mass is 35.5. The molecule has 3 heterocycles. The van der Waals surface area contributed by atoms with Crippen LogP contribution in [0.15, 0.2) is 49.1 Å². The van der Waals surface area contributed by atoms with Crippen LogP contribution in [-0.2, 0) is 17.8 Å². The first-order valence-corrected chi connectivity index (χ1v) is 15.8. The standard InChI is InChI=1S/C34H40ClN7O2/c1-5-30(43)42-19-18-41(20-25(42)14-16-36)32-26-15-17-40(29-11-7-9-23-8-6-10-27(35)31(23)29)21-28(26)37-33(38-32)44-22-34(2,3)39(4)24-12-13-24/h5-11,24-25H,1,12-15,17-22H2,2-4H3/t25-/m0/s1. The fourth-order valence-electron chi connectivity index (χ4n) is 6.49. The lowest BCUT2D eigenvalue weighted by molar-refractivity contribution is -0.128. The third-order valence-corrected chi connectivity index (χ3v) is 9.68. The number of piperazine rings is 1. The maximum Gasteiger partial charge on any atom is 0.318 e. The zero-order valence-corrected chi connectivity index (χ0v) is 26.6. The Morgan fingerprint density at radius 1 is 1.18 bits per heavy atom. The van der Waals surface area contributed by atoms with E-state index in [1.807, 2.05) is 12.1 Å². The van der Waals surface area contributed by atoms with Gasteiger partial charge in [0.25, 0.3) is 0 Å². The van der Waals surface area contributed by atoms with Crippen molar-refractivity contribution < 1.29 is 9.53 Å². The van der Waals surface area contributed by atoms with Gasteiger partial charge in [-0.05, 0) is 63.8 Å². The molecular formula is C34H40ClN7O2. The molecule has 1 atom stereocenters.